The third-order valence-electron chi connectivity index (χ3n) is 3.46. The Morgan fingerprint density at radius 3 is 2.76 bits per heavy atom. The van der Waals surface area contributed by atoms with Gasteiger partial charge in [-0.05, 0) is 38.5 Å². The Morgan fingerprint density at radius 1 is 1.29 bits per heavy atom. The molecule has 0 saturated heterocycles. The summed E-state index contributed by atoms with van der Waals surface area (Å²) in [7, 11) is 0. The quantitative estimate of drug-likeness (QED) is 0.657. The van der Waals surface area contributed by atoms with E-state index in [4.69, 9.17) is 5.73 Å². The van der Waals surface area contributed by atoms with Crippen molar-refractivity contribution in [3.8, 4) is 0 Å². The fourth-order valence-corrected chi connectivity index (χ4v) is 3.37. The predicted molar refractivity (Wildman–Crippen MR) is 75.2 cm³/mol. The molecule has 1 aliphatic rings. The average Bonchev–Trinajstić information content (AvgIpc) is 2.76. The van der Waals surface area contributed by atoms with Crippen molar-refractivity contribution in [1.82, 2.24) is 5.32 Å². The maximum Gasteiger partial charge on any atom is 0.220 e. The Bertz CT molecular complexity index is 223. The maximum atomic E-state index is 11.7. The molecule has 0 aromatic rings. The van der Waals surface area contributed by atoms with E-state index in [2.05, 4.69) is 11.6 Å². The van der Waals surface area contributed by atoms with Crippen LogP contribution in [0.4, 0.5) is 0 Å². The number of amides is 1. The minimum absolute atomic E-state index is 0.240. The molecule has 0 aliphatic heterocycles. The largest absolute Gasteiger partial charge is 0.352 e. The lowest BCUT2D eigenvalue weighted by molar-refractivity contribution is -0.121. The molecule has 3 nitrogen and oxygen atoms in total. The third kappa shape index (κ3) is 5.77. The summed E-state index contributed by atoms with van der Waals surface area (Å²) in [5, 5.41) is 3.82. The van der Waals surface area contributed by atoms with E-state index in [9.17, 15) is 4.79 Å². The van der Waals surface area contributed by atoms with Crippen molar-refractivity contribution in [2.45, 2.75) is 62.7 Å². The smallest absolute Gasteiger partial charge is 0.220 e. The van der Waals surface area contributed by atoms with E-state index in [1.165, 1.54) is 12.8 Å². The fraction of sp³-hybridized carbons (Fsp3) is 0.923. The second kappa shape index (κ2) is 8.81. The number of hydrogen-bond donors (Lipinski definition) is 2. The Hall–Kier alpha value is -0.220. The van der Waals surface area contributed by atoms with Crippen LogP contribution in [0.2, 0.25) is 0 Å². The Morgan fingerprint density at radius 2 is 2.06 bits per heavy atom. The van der Waals surface area contributed by atoms with E-state index < -0.39 is 0 Å². The van der Waals surface area contributed by atoms with Crippen molar-refractivity contribution in [3.05, 3.63) is 0 Å². The van der Waals surface area contributed by atoms with Gasteiger partial charge in [-0.25, -0.2) is 0 Å². The van der Waals surface area contributed by atoms with Crippen molar-refractivity contribution in [2.24, 2.45) is 5.73 Å². The van der Waals surface area contributed by atoms with Crippen molar-refractivity contribution < 1.29 is 4.79 Å². The van der Waals surface area contributed by atoms with Crippen LogP contribution < -0.4 is 11.1 Å². The standard InChI is InChI=1S/C13H26N2OS/c1-17-12-8-6-7-11(12)15-13(16)9-4-2-3-5-10-14/h11-12H,2-10,14H2,1H3,(H,15,16). The van der Waals surface area contributed by atoms with Gasteiger partial charge < -0.3 is 11.1 Å². The van der Waals surface area contributed by atoms with Crippen molar-refractivity contribution in [2.75, 3.05) is 12.8 Å². The fourth-order valence-electron chi connectivity index (χ4n) is 2.44. The molecule has 0 spiro atoms. The van der Waals surface area contributed by atoms with Crippen LogP contribution in [-0.2, 0) is 4.79 Å². The van der Waals surface area contributed by atoms with E-state index in [0.717, 1.165) is 38.6 Å². The lowest BCUT2D eigenvalue weighted by atomic mass is 10.1. The summed E-state index contributed by atoms with van der Waals surface area (Å²) in [6.07, 6.45) is 10.9. The van der Waals surface area contributed by atoms with Gasteiger partial charge in [0.1, 0.15) is 0 Å². The molecule has 100 valence electrons. The zero-order valence-corrected chi connectivity index (χ0v) is 11.7. The zero-order chi connectivity index (χ0) is 12.5. The minimum Gasteiger partial charge on any atom is -0.352 e. The van der Waals surface area contributed by atoms with Gasteiger partial charge in [0.05, 0.1) is 0 Å². The maximum absolute atomic E-state index is 11.7. The first-order valence-electron chi connectivity index (χ1n) is 6.80. The first kappa shape index (κ1) is 14.8. The topological polar surface area (TPSA) is 55.1 Å². The first-order valence-corrected chi connectivity index (χ1v) is 8.09. The summed E-state index contributed by atoms with van der Waals surface area (Å²) < 4.78 is 0. The van der Waals surface area contributed by atoms with Gasteiger partial charge in [0, 0.05) is 17.7 Å². The second-order valence-electron chi connectivity index (χ2n) is 4.83. The van der Waals surface area contributed by atoms with E-state index in [1.807, 2.05) is 11.8 Å². The van der Waals surface area contributed by atoms with E-state index in [-0.39, 0.29) is 5.91 Å². The van der Waals surface area contributed by atoms with Gasteiger partial charge in [-0.2, -0.15) is 11.8 Å². The summed E-state index contributed by atoms with van der Waals surface area (Å²) in [5.74, 6) is 0.240. The monoisotopic (exact) mass is 258 g/mol. The lowest BCUT2D eigenvalue weighted by Gasteiger charge is -2.19. The van der Waals surface area contributed by atoms with Gasteiger partial charge in [0.25, 0.3) is 0 Å². The van der Waals surface area contributed by atoms with Crippen molar-refractivity contribution in [1.29, 1.82) is 0 Å². The highest BCUT2D eigenvalue weighted by Gasteiger charge is 2.27. The highest BCUT2D eigenvalue weighted by molar-refractivity contribution is 7.99. The molecule has 2 unspecified atom stereocenters. The number of carbonyl (C=O) groups excluding carboxylic acids is 1. The van der Waals surface area contributed by atoms with Crippen molar-refractivity contribution >= 4 is 17.7 Å². The SMILES string of the molecule is CSC1CCCC1NC(=O)CCCCCCN. The van der Waals surface area contributed by atoms with E-state index in [0.29, 0.717) is 17.7 Å². The van der Waals surface area contributed by atoms with E-state index >= 15 is 0 Å². The minimum atomic E-state index is 0.240. The number of nitrogens with two attached hydrogens (primary N) is 1. The molecule has 1 aliphatic carbocycles. The van der Waals surface area contributed by atoms with Gasteiger partial charge in [0.15, 0.2) is 0 Å². The Labute approximate surface area is 109 Å². The summed E-state index contributed by atoms with van der Waals surface area (Å²) in [6.45, 7) is 0.768. The van der Waals surface area contributed by atoms with Gasteiger partial charge in [-0.3, -0.25) is 4.79 Å². The van der Waals surface area contributed by atoms with Gasteiger partial charge in [-0.1, -0.05) is 19.3 Å². The van der Waals surface area contributed by atoms with Crippen LogP contribution in [0, 0.1) is 0 Å². The molecule has 1 saturated carbocycles. The summed E-state index contributed by atoms with van der Waals surface area (Å²) in [6, 6.07) is 0.418. The van der Waals surface area contributed by atoms with Crippen LogP contribution in [0.15, 0.2) is 0 Å². The molecule has 1 rings (SSSR count). The number of unbranched alkanes of at least 4 members (excludes halogenated alkanes) is 3. The molecule has 1 fully saturated rings. The number of nitrogens with one attached hydrogen (secondary N) is 1. The number of thioether (sulfide) groups is 1. The number of carbonyl (C=O) groups is 1. The summed E-state index contributed by atoms with van der Waals surface area (Å²) >= 11 is 1.89. The van der Waals surface area contributed by atoms with Crippen LogP contribution in [0.3, 0.4) is 0 Å². The number of hydrogen-bond acceptors (Lipinski definition) is 3. The van der Waals surface area contributed by atoms with Gasteiger partial charge in [-0.15, -0.1) is 0 Å². The molecule has 0 bridgehead atoms. The normalized spacial score (nSPS) is 23.9. The molecule has 4 heteroatoms. The highest BCUT2D eigenvalue weighted by atomic mass is 32.2. The third-order valence-corrected chi connectivity index (χ3v) is 4.63. The van der Waals surface area contributed by atoms with Crippen LogP contribution in [0.25, 0.3) is 0 Å². The zero-order valence-electron chi connectivity index (χ0n) is 10.9. The van der Waals surface area contributed by atoms with Crippen LogP contribution in [0.1, 0.15) is 51.4 Å². The number of rotatable bonds is 8. The Kier molecular flexibility index (Phi) is 7.69. The van der Waals surface area contributed by atoms with Crippen molar-refractivity contribution in [3.63, 3.8) is 0 Å². The predicted octanol–water partition coefficient (Wildman–Crippen LogP) is 2.30. The molecule has 3 N–H and O–H groups in total. The average molecular weight is 258 g/mol. The van der Waals surface area contributed by atoms with Crippen LogP contribution >= 0.6 is 11.8 Å². The van der Waals surface area contributed by atoms with Crippen LogP contribution in [-0.4, -0.2) is 30.0 Å². The Balaban J connectivity index is 2.08. The van der Waals surface area contributed by atoms with Gasteiger partial charge >= 0.3 is 0 Å². The molecule has 2 atom stereocenters. The summed E-state index contributed by atoms with van der Waals surface area (Å²) in [5.41, 5.74) is 5.43. The molecule has 0 aromatic heterocycles. The summed E-state index contributed by atoms with van der Waals surface area (Å²) in [4.78, 5) is 11.7. The van der Waals surface area contributed by atoms with Gasteiger partial charge in [0.2, 0.25) is 5.91 Å². The van der Waals surface area contributed by atoms with E-state index in [1.54, 1.807) is 0 Å². The molecular formula is C13H26N2OS. The lowest BCUT2D eigenvalue weighted by Crippen LogP contribution is -2.38. The molecule has 0 aromatic carbocycles. The molecule has 17 heavy (non-hydrogen) atoms. The molecular weight excluding hydrogens is 232 g/mol. The second-order valence-corrected chi connectivity index (χ2v) is 5.91. The van der Waals surface area contributed by atoms with Crippen LogP contribution in [0.5, 0.6) is 0 Å². The molecule has 1 amide bonds. The first-order chi connectivity index (χ1) is 8.27. The molecule has 0 heterocycles. The molecule has 0 radical (unpaired) electrons. The highest BCUT2D eigenvalue weighted by Crippen LogP contribution is 2.28.